The zero-order valence-electron chi connectivity index (χ0n) is 14.1. The maximum atomic E-state index is 13.0. The number of halogens is 2. The molecule has 1 saturated heterocycles. The number of nitrogens with one attached hydrogen (secondary N) is 1. The number of likely N-dealkylation sites (tertiary alicyclic amines) is 1. The smallest absolute Gasteiger partial charge is 0.193 e. The minimum Gasteiger partial charge on any atom is -0.375 e. The Hall–Kier alpha value is -0.890. The zero-order valence-corrected chi connectivity index (χ0v) is 16.4. The van der Waals surface area contributed by atoms with Crippen molar-refractivity contribution < 1.29 is 9.13 Å². The van der Waals surface area contributed by atoms with E-state index in [-0.39, 0.29) is 35.9 Å². The van der Waals surface area contributed by atoms with E-state index in [4.69, 9.17) is 4.74 Å². The van der Waals surface area contributed by atoms with Crippen LogP contribution in [0.3, 0.4) is 0 Å². The van der Waals surface area contributed by atoms with E-state index < -0.39 is 0 Å². The Kier molecular flexibility index (Phi) is 8.83. The third-order valence-corrected chi connectivity index (χ3v) is 4.27. The van der Waals surface area contributed by atoms with E-state index in [2.05, 4.69) is 22.1 Å². The predicted octanol–water partition coefficient (Wildman–Crippen LogP) is 3.44. The monoisotopic (exact) mass is 435 g/mol. The van der Waals surface area contributed by atoms with Gasteiger partial charge >= 0.3 is 0 Å². The summed E-state index contributed by atoms with van der Waals surface area (Å²) >= 11 is 0. The van der Waals surface area contributed by atoms with Crippen LogP contribution in [0.15, 0.2) is 29.3 Å². The van der Waals surface area contributed by atoms with Crippen LogP contribution in [0.1, 0.15) is 31.4 Å². The average Bonchev–Trinajstić information content (AvgIpc) is 2.54. The third-order valence-electron chi connectivity index (χ3n) is 4.27. The number of piperidine rings is 1. The lowest BCUT2D eigenvalue weighted by molar-refractivity contribution is 0.105. The molecule has 1 heterocycles. The largest absolute Gasteiger partial charge is 0.375 e. The third kappa shape index (κ3) is 5.91. The van der Waals surface area contributed by atoms with E-state index in [1.165, 1.54) is 25.0 Å². The number of rotatable bonds is 4. The van der Waals surface area contributed by atoms with Gasteiger partial charge in [-0.2, -0.15) is 0 Å². The molecule has 1 aliphatic heterocycles. The summed E-state index contributed by atoms with van der Waals surface area (Å²) in [7, 11) is 3.47. The van der Waals surface area contributed by atoms with Crippen molar-refractivity contribution in [3.05, 3.63) is 35.6 Å². The van der Waals surface area contributed by atoms with E-state index in [1.54, 1.807) is 26.3 Å². The standard InChI is InChI=1S/C17H26FN3O.HI/c1-13-8-10-21(11-9-13)17(19-2)20-12-16(22-3)14-4-6-15(18)7-5-14;/h4-7,13,16H,8-12H2,1-3H3,(H,19,20);1H. The SMILES string of the molecule is CN=C(NCC(OC)c1ccc(F)cc1)N1CCC(C)CC1.I. The molecule has 1 N–H and O–H groups in total. The van der Waals surface area contributed by atoms with Crippen LogP contribution in [0.4, 0.5) is 4.39 Å². The topological polar surface area (TPSA) is 36.9 Å². The summed E-state index contributed by atoms with van der Waals surface area (Å²) in [6.45, 7) is 4.98. The van der Waals surface area contributed by atoms with Gasteiger partial charge in [0.15, 0.2) is 5.96 Å². The molecule has 1 aromatic carbocycles. The number of nitrogens with zero attached hydrogens (tertiary/aromatic N) is 2. The molecular formula is C17H27FIN3O. The molecule has 0 spiro atoms. The van der Waals surface area contributed by atoms with Crippen LogP contribution in [-0.4, -0.2) is 44.7 Å². The van der Waals surface area contributed by atoms with Gasteiger partial charge in [-0.3, -0.25) is 4.99 Å². The highest BCUT2D eigenvalue weighted by Gasteiger charge is 2.19. The quantitative estimate of drug-likeness (QED) is 0.448. The molecular weight excluding hydrogens is 408 g/mol. The molecule has 0 saturated carbocycles. The van der Waals surface area contributed by atoms with Crippen LogP contribution in [0.25, 0.3) is 0 Å². The highest BCUT2D eigenvalue weighted by atomic mass is 127. The van der Waals surface area contributed by atoms with Crippen LogP contribution in [0, 0.1) is 11.7 Å². The molecule has 130 valence electrons. The van der Waals surface area contributed by atoms with Gasteiger partial charge in [0, 0.05) is 33.8 Å². The lowest BCUT2D eigenvalue weighted by Crippen LogP contribution is -2.46. The van der Waals surface area contributed by atoms with Gasteiger partial charge in [-0.05, 0) is 36.5 Å². The second kappa shape index (κ2) is 10.1. The van der Waals surface area contributed by atoms with Gasteiger partial charge in [-0.15, -0.1) is 24.0 Å². The zero-order chi connectivity index (χ0) is 15.9. The summed E-state index contributed by atoms with van der Waals surface area (Å²) in [6, 6.07) is 6.44. The number of hydrogen-bond acceptors (Lipinski definition) is 2. The van der Waals surface area contributed by atoms with Crippen LogP contribution >= 0.6 is 24.0 Å². The minimum absolute atomic E-state index is 0. The normalized spacial score (nSPS) is 17.6. The predicted molar refractivity (Wildman–Crippen MR) is 103 cm³/mol. The summed E-state index contributed by atoms with van der Waals surface area (Å²) in [4.78, 5) is 6.66. The molecule has 1 aromatic rings. The molecule has 0 amide bonds. The molecule has 23 heavy (non-hydrogen) atoms. The van der Waals surface area contributed by atoms with Crippen molar-refractivity contribution in [2.24, 2.45) is 10.9 Å². The average molecular weight is 435 g/mol. The van der Waals surface area contributed by atoms with E-state index in [0.29, 0.717) is 6.54 Å². The Morgan fingerprint density at radius 2 is 1.96 bits per heavy atom. The summed E-state index contributed by atoms with van der Waals surface area (Å²) in [5.41, 5.74) is 0.958. The number of hydrogen-bond donors (Lipinski definition) is 1. The van der Waals surface area contributed by atoms with Crippen molar-refractivity contribution in [1.82, 2.24) is 10.2 Å². The number of aliphatic imine (C=N–C) groups is 1. The Morgan fingerprint density at radius 1 is 1.35 bits per heavy atom. The van der Waals surface area contributed by atoms with E-state index in [0.717, 1.165) is 30.5 Å². The number of guanidine groups is 1. The molecule has 1 atom stereocenters. The molecule has 1 fully saturated rings. The van der Waals surface area contributed by atoms with Crippen molar-refractivity contribution in [3.8, 4) is 0 Å². The second-order valence-electron chi connectivity index (χ2n) is 5.87. The Labute approximate surface area is 155 Å². The Bertz CT molecular complexity index is 487. The highest BCUT2D eigenvalue weighted by molar-refractivity contribution is 14.0. The first-order valence-electron chi connectivity index (χ1n) is 7.88. The Balaban J connectivity index is 0.00000264. The molecule has 2 rings (SSSR count). The van der Waals surface area contributed by atoms with Gasteiger partial charge in [0.2, 0.25) is 0 Å². The summed E-state index contributed by atoms with van der Waals surface area (Å²) < 4.78 is 18.5. The second-order valence-corrected chi connectivity index (χ2v) is 5.87. The fraction of sp³-hybridized carbons (Fsp3) is 0.588. The van der Waals surface area contributed by atoms with Crippen LogP contribution in [0.2, 0.25) is 0 Å². The maximum Gasteiger partial charge on any atom is 0.193 e. The Morgan fingerprint density at radius 3 is 2.48 bits per heavy atom. The van der Waals surface area contributed by atoms with Gasteiger partial charge in [0.25, 0.3) is 0 Å². The van der Waals surface area contributed by atoms with Crippen LogP contribution in [0.5, 0.6) is 0 Å². The first-order chi connectivity index (χ1) is 10.6. The minimum atomic E-state index is -0.232. The van der Waals surface area contributed by atoms with E-state index >= 15 is 0 Å². The van der Waals surface area contributed by atoms with Gasteiger partial charge in [0.05, 0.1) is 6.10 Å². The number of benzene rings is 1. The van der Waals surface area contributed by atoms with Crippen LogP contribution < -0.4 is 5.32 Å². The fourth-order valence-electron chi connectivity index (χ4n) is 2.75. The van der Waals surface area contributed by atoms with Gasteiger partial charge in [-0.25, -0.2) is 4.39 Å². The highest BCUT2D eigenvalue weighted by Crippen LogP contribution is 2.18. The molecule has 1 unspecified atom stereocenters. The van der Waals surface area contributed by atoms with Gasteiger partial charge < -0.3 is 15.0 Å². The fourth-order valence-corrected chi connectivity index (χ4v) is 2.75. The lowest BCUT2D eigenvalue weighted by Gasteiger charge is -2.33. The molecule has 0 aromatic heterocycles. The van der Waals surface area contributed by atoms with Crippen molar-refractivity contribution in [3.63, 3.8) is 0 Å². The van der Waals surface area contributed by atoms with Crippen LogP contribution in [-0.2, 0) is 4.74 Å². The van der Waals surface area contributed by atoms with Crippen molar-refractivity contribution in [2.75, 3.05) is 33.8 Å². The molecule has 0 radical (unpaired) electrons. The summed E-state index contributed by atoms with van der Waals surface area (Å²) in [5.74, 6) is 1.47. The van der Waals surface area contributed by atoms with Crippen molar-refractivity contribution >= 4 is 29.9 Å². The van der Waals surface area contributed by atoms with Gasteiger partial charge in [0.1, 0.15) is 5.82 Å². The van der Waals surface area contributed by atoms with E-state index in [9.17, 15) is 4.39 Å². The molecule has 0 aliphatic carbocycles. The van der Waals surface area contributed by atoms with E-state index in [1.807, 2.05) is 0 Å². The number of methoxy groups -OCH3 is 1. The molecule has 6 heteroatoms. The first-order valence-corrected chi connectivity index (χ1v) is 7.88. The molecule has 0 bridgehead atoms. The number of ether oxygens (including phenoxy) is 1. The molecule has 1 aliphatic rings. The van der Waals surface area contributed by atoms with Crippen molar-refractivity contribution in [1.29, 1.82) is 0 Å². The first kappa shape index (κ1) is 20.2. The lowest BCUT2D eigenvalue weighted by atomic mass is 9.99. The maximum absolute atomic E-state index is 13.0. The summed E-state index contributed by atoms with van der Waals surface area (Å²) in [6.07, 6.45) is 2.28. The molecule has 4 nitrogen and oxygen atoms in total. The van der Waals surface area contributed by atoms with Gasteiger partial charge in [-0.1, -0.05) is 19.1 Å². The summed E-state index contributed by atoms with van der Waals surface area (Å²) in [5, 5.41) is 3.38. The van der Waals surface area contributed by atoms with Crippen molar-refractivity contribution in [2.45, 2.75) is 25.9 Å².